The Morgan fingerprint density at radius 3 is 2.56 bits per heavy atom. The molecule has 0 aromatic rings. The molecule has 106 valence electrons. The Hall–Kier alpha value is 0.0700. The van der Waals surface area contributed by atoms with Crippen molar-refractivity contribution < 1.29 is 4.21 Å². The highest BCUT2D eigenvalue weighted by Gasteiger charge is 2.30. The van der Waals surface area contributed by atoms with E-state index in [0.717, 1.165) is 43.7 Å². The molecule has 1 saturated carbocycles. The van der Waals surface area contributed by atoms with E-state index < -0.39 is 10.8 Å². The van der Waals surface area contributed by atoms with Gasteiger partial charge in [0.1, 0.15) is 0 Å². The first-order valence-electron chi connectivity index (χ1n) is 7.42. The molecular weight excluding hydrogens is 244 g/mol. The fourth-order valence-corrected chi connectivity index (χ4v) is 4.01. The lowest BCUT2D eigenvalue weighted by Gasteiger charge is -2.37. The first-order valence-corrected chi connectivity index (χ1v) is 8.91. The zero-order valence-corrected chi connectivity index (χ0v) is 12.7. The lowest BCUT2D eigenvalue weighted by molar-refractivity contribution is 0.158. The smallest absolute Gasteiger partial charge is 0.0363 e. The summed E-state index contributed by atoms with van der Waals surface area (Å²) in [7, 11) is -0.551. The molecule has 1 saturated heterocycles. The van der Waals surface area contributed by atoms with E-state index in [1.165, 1.54) is 25.7 Å². The first kappa shape index (κ1) is 14.5. The minimum absolute atomic E-state index is 0.385. The molecule has 2 aliphatic rings. The summed E-state index contributed by atoms with van der Waals surface area (Å²) in [6.45, 7) is 9.05. The normalized spacial score (nSPS) is 26.1. The Morgan fingerprint density at radius 1 is 1.33 bits per heavy atom. The van der Waals surface area contributed by atoms with Gasteiger partial charge >= 0.3 is 0 Å². The summed E-state index contributed by atoms with van der Waals surface area (Å²) >= 11 is 0. The molecule has 1 unspecified atom stereocenters. The zero-order valence-electron chi connectivity index (χ0n) is 11.9. The van der Waals surface area contributed by atoms with Gasteiger partial charge < -0.3 is 10.2 Å². The van der Waals surface area contributed by atoms with E-state index in [1.807, 2.05) is 0 Å². The van der Waals surface area contributed by atoms with E-state index in [2.05, 4.69) is 24.1 Å². The topological polar surface area (TPSA) is 32.3 Å². The molecule has 0 amide bonds. The first-order chi connectivity index (χ1) is 8.61. The monoisotopic (exact) mass is 272 g/mol. The predicted molar refractivity (Wildman–Crippen MR) is 78.4 cm³/mol. The predicted octanol–water partition coefficient (Wildman–Crippen LogP) is 1.61. The summed E-state index contributed by atoms with van der Waals surface area (Å²) in [5, 5.41) is 3.69. The van der Waals surface area contributed by atoms with Crippen LogP contribution in [0.5, 0.6) is 0 Å². The van der Waals surface area contributed by atoms with Crippen molar-refractivity contribution in [2.24, 2.45) is 5.41 Å². The third kappa shape index (κ3) is 4.63. The molecule has 1 heterocycles. The van der Waals surface area contributed by atoms with Gasteiger partial charge in [0.05, 0.1) is 0 Å². The van der Waals surface area contributed by atoms with Crippen LogP contribution in [0.3, 0.4) is 0 Å². The average Bonchev–Trinajstić information content (AvgIpc) is 3.14. The highest BCUT2D eigenvalue weighted by molar-refractivity contribution is 7.85. The van der Waals surface area contributed by atoms with Crippen LogP contribution < -0.4 is 5.32 Å². The second kappa shape index (κ2) is 6.49. The van der Waals surface area contributed by atoms with E-state index in [1.54, 1.807) is 0 Å². The SMILES string of the molecule is CCCC(C)(CNC1CC1)CN1CCS(=O)CC1. The number of rotatable bonds is 7. The van der Waals surface area contributed by atoms with Crippen molar-refractivity contribution in [3.05, 3.63) is 0 Å². The van der Waals surface area contributed by atoms with Crippen LogP contribution in [0.4, 0.5) is 0 Å². The van der Waals surface area contributed by atoms with Crippen LogP contribution in [0.25, 0.3) is 0 Å². The molecule has 4 heteroatoms. The van der Waals surface area contributed by atoms with Crippen LogP contribution in [0.1, 0.15) is 39.5 Å². The highest BCUT2D eigenvalue weighted by Crippen LogP contribution is 2.27. The van der Waals surface area contributed by atoms with Gasteiger partial charge in [0.25, 0.3) is 0 Å². The Labute approximate surface area is 114 Å². The second-order valence-electron chi connectivity index (χ2n) is 6.34. The standard InChI is InChI=1S/C14H28N2OS/c1-3-6-14(2,11-15-13-4-5-13)12-16-7-9-18(17)10-8-16/h13,15H,3-12H2,1-2H3. The molecule has 18 heavy (non-hydrogen) atoms. The van der Waals surface area contributed by atoms with Crippen LogP contribution in [-0.4, -0.2) is 52.8 Å². The van der Waals surface area contributed by atoms with Crippen LogP contribution >= 0.6 is 0 Å². The molecule has 3 nitrogen and oxygen atoms in total. The van der Waals surface area contributed by atoms with Gasteiger partial charge in [-0.3, -0.25) is 4.21 Å². The molecule has 2 fully saturated rings. The van der Waals surface area contributed by atoms with Crippen molar-refractivity contribution >= 4 is 10.8 Å². The van der Waals surface area contributed by atoms with Gasteiger partial charge in [-0.2, -0.15) is 0 Å². The fraction of sp³-hybridized carbons (Fsp3) is 1.00. The largest absolute Gasteiger partial charge is 0.313 e. The summed E-state index contributed by atoms with van der Waals surface area (Å²) in [6.07, 6.45) is 5.27. The van der Waals surface area contributed by atoms with Crippen molar-refractivity contribution in [2.75, 3.05) is 37.7 Å². The van der Waals surface area contributed by atoms with Crippen molar-refractivity contribution in [3.8, 4) is 0 Å². The number of hydrogen-bond acceptors (Lipinski definition) is 3. The molecule has 1 N–H and O–H groups in total. The highest BCUT2D eigenvalue weighted by atomic mass is 32.2. The summed E-state index contributed by atoms with van der Waals surface area (Å²) < 4.78 is 11.4. The molecule has 0 bridgehead atoms. The lowest BCUT2D eigenvalue weighted by atomic mass is 9.84. The molecular formula is C14H28N2OS. The van der Waals surface area contributed by atoms with Gasteiger partial charge in [0, 0.05) is 54.5 Å². The molecule has 1 aliphatic carbocycles. The molecule has 2 rings (SSSR count). The summed E-state index contributed by atoms with van der Waals surface area (Å²) in [4.78, 5) is 2.52. The Kier molecular flexibility index (Phi) is 5.22. The van der Waals surface area contributed by atoms with Crippen molar-refractivity contribution in [1.82, 2.24) is 10.2 Å². The van der Waals surface area contributed by atoms with Crippen LogP contribution in [0.15, 0.2) is 0 Å². The average molecular weight is 272 g/mol. The van der Waals surface area contributed by atoms with Gasteiger partial charge in [0.2, 0.25) is 0 Å². The molecule has 1 aliphatic heterocycles. The second-order valence-corrected chi connectivity index (χ2v) is 8.04. The van der Waals surface area contributed by atoms with E-state index in [0.29, 0.717) is 5.41 Å². The number of hydrogen-bond donors (Lipinski definition) is 1. The van der Waals surface area contributed by atoms with Crippen LogP contribution in [0, 0.1) is 5.41 Å². The summed E-state index contributed by atoms with van der Waals surface area (Å²) in [6, 6.07) is 0.801. The van der Waals surface area contributed by atoms with Gasteiger partial charge in [-0.15, -0.1) is 0 Å². The molecule has 0 aromatic heterocycles. The summed E-state index contributed by atoms with van der Waals surface area (Å²) in [5.74, 6) is 1.75. The van der Waals surface area contributed by atoms with Crippen molar-refractivity contribution in [3.63, 3.8) is 0 Å². The maximum atomic E-state index is 11.4. The van der Waals surface area contributed by atoms with Gasteiger partial charge in [-0.1, -0.05) is 20.3 Å². The van der Waals surface area contributed by atoms with Crippen LogP contribution in [-0.2, 0) is 10.8 Å². The lowest BCUT2D eigenvalue weighted by Crippen LogP contribution is -2.47. The van der Waals surface area contributed by atoms with E-state index in [9.17, 15) is 4.21 Å². The maximum absolute atomic E-state index is 11.4. The van der Waals surface area contributed by atoms with E-state index in [4.69, 9.17) is 0 Å². The molecule has 0 spiro atoms. The van der Waals surface area contributed by atoms with E-state index in [-0.39, 0.29) is 0 Å². The van der Waals surface area contributed by atoms with Crippen molar-refractivity contribution in [2.45, 2.75) is 45.6 Å². The van der Waals surface area contributed by atoms with Gasteiger partial charge in [0.15, 0.2) is 0 Å². The Morgan fingerprint density at radius 2 is 2.00 bits per heavy atom. The minimum atomic E-state index is -0.551. The fourth-order valence-electron chi connectivity index (χ4n) is 2.88. The Bertz CT molecular complexity index is 284. The Balaban J connectivity index is 1.81. The quantitative estimate of drug-likeness (QED) is 0.764. The van der Waals surface area contributed by atoms with Gasteiger partial charge in [-0.05, 0) is 24.7 Å². The zero-order chi connectivity index (χ0) is 13.0. The maximum Gasteiger partial charge on any atom is 0.0363 e. The van der Waals surface area contributed by atoms with Gasteiger partial charge in [-0.25, -0.2) is 0 Å². The van der Waals surface area contributed by atoms with Crippen molar-refractivity contribution in [1.29, 1.82) is 0 Å². The third-order valence-electron chi connectivity index (χ3n) is 4.12. The van der Waals surface area contributed by atoms with Crippen LogP contribution in [0.2, 0.25) is 0 Å². The third-order valence-corrected chi connectivity index (χ3v) is 5.40. The number of nitrogens with zero attached hydrogens (tertiary/aromatic N) is 1. The molecule has 0 aromatic carbocycles. The summed E-state index contributed by atoms with van der Waals surface area (Å²) in [5.41, 5.74) is 0.385. The molecule has 1 atom stereocenters. The van der Waals surface area contributed by atoms with E-state index >= 15 is 0 Å². The minimum Gasteiger partial charge on any atom is -0.313 e. The number of nitrogens with one attached hydrogen (secondary N) is 1. The molecule has 0 radical (unpaired) electrons.